The molecule has 2 N–H and O–H groups in total. The van der Waals surface area contributed by atoms with E-state index in [2.05, 4.69) is 10.6 Å². The number of nitrogens with one attached hydrogen (secondary N) is 2. The Morgan fingerprint density at radius 3 is 2.57 bits per heavy atom. The summed E-state index contributed by atoms with van der Waals surface area (Å²) in [6.07, 6.45) is 0.521. The van der Waals surface area contributed by atoms with Gasteiger partial charge in [-0.15, -0.1) is 0 Å². The molecular weight excluding hydrogens is 180 g/mol. The maximum atomic E-state index is 11.1. The van der Waals surface area contributed by atoms with Gasteiger partial charge < -0.3 is 15.4 Å². The molecule has 0 aromatic rings. The van der Waals surface area contributed by atoms with Gasteiger partial charge in [0.15, 0.2) is 0 Å². The van der Waals surface area contributed by atoms with Crippen molar-refractivity contribution in [2.45, 2.75) is 32.8 Å². The average molecular weight is 202 g/mol. The van der Waals surface area contributed by atoms with Crippen LogP contribution >= 0.6 is 0 Å². The first-order valence-corrected chi connectivity index (χ1v) is 5.04. The lowest BCUT2D eigenvalue weighted by atomic mass is 10.1. The van der Waals surface area contributed by atoms with Gasteiger partial charge >= 0.3 is 0 Å². The summed E-state index contributed by atoms with van der Waals surface area (Å²) in [5.74, 6) is 0.0928. The number of ether oxygens (including phenoxy) is 1. The van der Waals surface area contributed by atoms with Gasteiger partial charge in [0.2, 0.25) is 5.91 Å². The van der Waals surface area contributed by atoms with Crippen LogP contribution in [-0.2, 0) is 9.53 Å². The van der Waals surface area contributed by atoms with Crippen molar-refractivity contribution >= 4 is 5.91 Å². The summed E-state index contributed by atoms with van der Waals surface area (Å²) in [5.41, 5.74) is -0.165. The van der Waals surface area contributed by atoms with Gasteiger partial charge in [-0.1, -0.05) is 0 Å². The van der Waals surface area contributed by atoms with Crippen molar-refractivity contribution in [3.63, 3.8) is 0 Å². The molecule has 0 aromatic heterocycles. The van der Waals surface area contributed by atoms with Gasteiger partial charge in [-0.2, -0.15) is 0 Å². The molecule has 84 valence electrons. The van der Waals surface area contributed by atoms with E-state index in [0.717, 1.165) is 6.54 Å². The van der Waals surface area contributed by atoms with Crippen LogP contribution < -0.4 is 10.6 Å². The summed E-state index contributed by atoms with van der Waals surface area (Å²) < 4.78 is 5.23. The third-order valence-corrected chi connectivity index (χ3v) is 2.01. The molecule has 4 heteroatoms. The van der Waals surface area contributed by atoms with Crippen LogP contribution in [-0.4, -0.2) is 38.3 Å². The van der Waals surface area contributed by atoms with E-state index >= 15 is 0 Å². The molecule has 4 nitrogen and oxygen atoms in total. The minimum absolute atomic E-state index is 0.0928. The molecule has 0 aliphatic carbocycles. The topological polar surface area (TPSA) is 50.4 Å². The van der Waals surface area contributed by atoms with Crippen LogP contribution in [0.3, 0.4) is 0 Å². The summed E-state index contributed by atoms with van der Waals surface area (Å²) in [7, 11) is 1.69. The van der Waals surface area contributed by atoms with Crippen LogP contribution in [0, 0.1) is 0 Å². The van der Waals surface area contributed by atoms with E-state index < -0.39 is 0 Å². The van der Waals surface area contributed by atoms with Gasteiger partial charge in [-0.05, 0) is 20.8 Å². The molecule has 0 aliphatic rings. The lowest BCUT2D eigenvalue weighted by Gasteiger charge is -2.23. The number of amides is 1. The number of hydrogen-bond donors (Lipinski definition) is 2. The molecule has 1 amide bonds. The molecule has 0 saturated carbocycles. The lowest BCUT2D eigenvalue weighted by molar-refractivity contribution is -0.120. The van der Waals surface area contributed by atoms with E-state index in [0.29, 0.717) is 19.5 Å². The fraction of sp³-hybridized carbons (Fsp3) is 0.900. The second-order valence-corrected chi connectivity index (χ2v) is 3.84. The van der Waals surface area contributed by atoms with Crippen molar-refractivity contribution in [3.8, 4) is 0 Å². The van der Waals surface area contributed by atoms with E-state index in [9.17, 15) is 4.79 Å². The van der Waals surface area contributed by atoms with Crippen LogP contribution in [0.15, 0.2) is 0 Å². The molecule has 0 heterocycles. The summed E-state index contributed by atoms with van der Waals surface area (Å²) in [6, 6.07) is 0. The van der Waals surface area contributed by atoms with Crippen molar-refractivity contribution in [2.75, 3.05) is 26.7 Å². The molecule has 0 bridgehead atoms. The smallest absolute Gasteiger partial charge is 0.221 e. The second-order valence-electron chi connectivity index (χ2n) is 3.84. The van der Waals surface area contributed by atoms with Gasteiger partial charge in [-0.25, -0.2) is 0 Å². The molecule has 0 rings (SSSR count). The monoisotopic (exact) mass is 202 g/mol. The Kier molecular flexibility index (Phi) is 6.49. The highest BCUT2D eigenvalue weighted by atomic mass is 16.5. The molecule has 0 unspecified atom stereocenters. The minimum Gasteiger partial charge on any atom is -0.377 e. The van der Waals surface area contributed by atoms with Crippen LogP contribution in [0.1, 0.15) is 27.2 Å². The number of methoxy groups -OCH3 is 1. The van der Waals surface area contributed by atoms with E-state index in [1.54, 1.807) is 7.11 Å². The zero-order valence-corrected chi connectivity index (χ0v) is 9.64. The number of carbonyl (C=O) groups excluding carboxylic acids is 1. The van der Waals surface area contributed by atoms with E-state index in [1.165, 1.54) is 0 Å². The van der Waals surface area contributed by atoms with Gasteiger partial charge in [0.1, 0.15) is 0 Å². The van der Waals surface area contributed by atoms with Crippen molar-refractivity contribution in [1.29, 1.82) is 0 Å². The van der Waals surface area contributed by atoms with Crippen molar-refractivity contribution < 1.29 is 9.53 Å². The van der Waals surface area contributed by atoms with Crippen LogP contribution in [0.4, 0.5) is 0 Å². The Balaban J connectivity index is 3.42. The lowest BCUT2D eigenvalue weighted by Crippen LogP contribution is -2.38. The Bertz CT molecular complexity index is 170. The first-order chi connectivity index (χ1) is 6.52. The zero-order valence-electron chi connectivity index (χ0n) is 9.64. The van der Waals surface area contributed by atoms with E-state index in [1.807, 2.05) is 20.8 Å². The molecule has 0 fully saturated rings. The first-order valence-electron chi connectivity index (χ1n) is 5.04. The third kappa shape index (κ3) is 6.86. The molecule has 0 aromatic carbocycles. The zero-order chi connectivity index (χ0) is 11.0. The highest BCUT2D eigenvalue weighted by molar-refractivity contribution is 5.75. The van der Waals surface area contributed by atoms with Gasteiger partial charge in [-0.3, -0.25) is 4.79 Å². The quantitative estimate of drug-likeness (QED) is 0.592. The van der Waals surface area contributed by atoms with Crippen LogP contribution in [0.2, 0.25) is 0 Å². The molecular formula is C10H22N2O2. The predicted octanol–water partition coefficient (Wildman–Crippen LogP) is 0.527. The fourth-order valence-corrected chi connectivity index (χ4v) is 0.949. The summed E-state index contributed by atoms with van der Waals surface area (Å²) in [6.45, 7) is 8.07. The van der Waals surface area contributed by atoms with Gasteiger partial charge in [0.25, 0.3) is 0 Å². The summed E-state index contributed by atoms with van der Waals surface area (Å²) in [5, 5.41) is 5.93. The highest BCUT2D eigenvalue weighted by Gasteiger charge is 2.14. The molecule has 0 saturated heterocycles. The Labute approximate surface area is 86.4 Å². The maximum absolute atomic E-state index is 11.1. The number of carbonyl (C=O) groups is 1. The minimum atomic E-state index is -0.165. The Hall–Kier alpha value is -0.610. The SMILES string of the molecule is CCNC(=O)CCNCC(C)(C)OC. The number of hydrogen-bond acceptors (Lipinski definition) is 3. The number of rotatable bonds is 7. The van der Waals surface area contributed by atoms with Crippen molar-refractivity contribution in [2.24, 2.45) is 0 Å². The predicted molar refractivity (Wildman–Crippen MR) is 57.3 cm³/mol. The maximum Gasteiger partial charge on any atom is 0.221 e. The summed E-state index contributed by atoms with van der Waals surface area (Å²) in [4.78, 5) is 11.1. The van der Waals surface area contributed by atoms with Crippen LogP contribution in [0.5, 0.6) is 0 Å². The third-order valence-electron chi connectivity index (χ3n) is 2.01. The largest absolute Gasteiger partial charge is 0.377 e. The normalized spacial score (nSPS) is 11.4. The average Bonchev–Trinajstić information content (AvgIpc) is 2.13. The first kappa shape index (κ1) is 13.4. The highest BCUT2D eigenvalue weighted by Crippen LogP contribution is 2.04. The van der Waals surface area contributed by atoms with Gasteiger partial charge in [0, 0.05) is 33.2 Å². The molecule has 14 heavy (non-hydrogen) atoms. The summed E-state index contributed by atoms with van der Waals surface area (Å²) >= 11 is 0. The van der Waals surface area contributed by atoms with Crippen LogP contribution in [0.25, 0.3) is 0 Å². The molecule has 0 atom stereocenters. The molecule has 0 spiro atoms. The Morgan fingerprint density at radius 1 is 1.43 bits per heavy atom. The molecule has 0 aliphatic heterocycles. The van der Waals surface area contributed by atoms with Gasteiger partial charge in [0.05, 0.1) is 5.60 Å². The van der Waals surface area contributed by atoms with Crippen molar-refractivity contribution in [1.82, 2.24) is 10.6 Å². The van der Waals surface area contributed by atoms with E-state index in [4.69, 9.17) is 4.74 Å². The fourth-order valence-electron chi connectivity index (χ4n) is 0.949. The Morgan fingerprint density at radius 2 is 2.07 bits per heavy atom. The standard InChI is InChI=1S/C10H22N2O2/c1-5-12-9(13)6-7-11-8-10(2,3)14-4/h11H,5-8H2,1-4H3,(H,12,13). The second kappa shape index (κ2) is 6.79. The van der Waals surface area contributed by atoms with E-state index in [-0.39, 0.29) is 11.5 Å². The van der Waals surface area contributed by atoms with Crippen molar-refractivity contribution in [3.05, 3.63) is 0 Å². The molecule has 0 radical (unpaired) electrons.